The molecule has 0 N–H and O–H groups in total. The second-order valence-electron chi connectivity index (χ2n) is 3.16. The number of benzene rings is 1. The lowest BCUT2D eigenvalue weighted by Crippen LogP contribution is -2.20. The molecule has 0 spiro atoms. The first kappa shape index (κ1) is 13.5. The Labute approximate surface area is 107 Å². The van der Waals surface area contributed by atoms with Crippen LogP contribution >= 0.6 is 27.5 Å². The summed E-state index contributed by atoms with van der Waals surface area (Å²) in [7, 11) is 0. The first-order valence-corrected chi connectivity index (χ1v) is 6.08. The summed E-state index contributed by atoms with van der Waals surface area (Å²) in [6, 6.07) is 4.25. The number of halogens is 3. The average Bonchev–Trinajstić information content (AvgIpc) is 2.23. The minimum absolute atomic E-state index is 0.214. The number of alkyl halides is 1. The molecule has 0 aliphatic carbocycles. The molecule has 0 fully saturated rings. The molecule has 5 heteroatoms. The van der Waals surface area contributed by atoms with Gasteiger partial charge in [-0.3, -0.25) is 4.79 Å². The van der Waals surface area contributed by atoms with Gasteiger partial charge in [0.05, 0.1) is 6.61 Å². The van der Waals surface area contributed by atoms with Gasteiger partial charge in [-0.05, 0) is 37.1 Å². The third-order valence-electron chi connectivity index (χ3n) is 1.95. The fraction of sp³-hybridized carbons (Fsp3) is 0.364. The molecule has 0 saturated heterocycles. The van der Waals surface area contributed by atoms with Crippen LogP contribution in [0.1, 0.15) is 12.5 Å². The van der Waals surface area contributed by atoms with Crippen LogP contribution in [0.3, 0.4) is 0 Å². The summed E-state index contributed by atoms with van der Waals surface area (Å²) in [5.74, 6) is -0.778. The van der Waals surface area contributed by atoms with E-state index in [9.17, 15) is 9.18 Å². The molecule has 0 saturated carbocycles. The highest BCUT2D eigenvalue weighted by Gasteiger charge is 2.18. The Morgan fingerprint density at radius 2 is 2.31 bits per heavy atom. The van der Waals surface area contributed by atoms with Crippen molar-refractivity contribution in [2.45, 2.75) is 18.2 Å². The number of esters is 1. The van der Waals surface area contributed by atoms with E-state index in [0.717, 1.165) is 0 Å². The van der Waals surface area contributed by atoms with Crippen LogP contribution < -0.4 is 0 Å². The molecule has 1 rings (SSSR count). The molecule has 88 valence electrons. The van der Waals surface area contributed by atoms with Crippen LogP contribution in [0, 0.1) is 5.82 Å². The molecule has 0 aromatic heterocycles. The van der Waals surface area contributed by atoms with Gasteiger partial charge in [-0.1, -0.05) is 27.5 Å². The molecular weight excluding hydrogens is 298 g/mol. The summed E-state index contributed by atoms with van der Waals surface area (Å²) in [6.07, 6.45) is 0.214. The average molecular weight is 310 g/mol. The summed E-state index contributed by atoms with van der Waals surface area (Å²) in [5.41, 5.74) is 0.391. The van der Waals surface area contributed by atoms with E-state index in [1.807, 2.05) is 0 Å². The second-order valence-corrected chi connectivity index (χ2v) is 4.70. The molecule has 2 nitrogen and oxygen atoms in total. The molecule has 0 heterocycles. The summed E-state index contributed by atoms with van der Waals surface area (Å²) in [5, 5.41) is 0.444. The summed E-state index contributed by atoms with van der Waals surface area (Å²) < 4.78 is 18.2. The second kappa shape index (κ2) is 6.21. The van der Waals surface area contributed by atoms with Crippen molar-refractivity contribution in [1.29, 1.82) is 0 Å². The van der Waals surface area contributed by atoms with Crippen molar-refractivity contribution in [1.82, 2.24) is 0 Å². The van der Waals surface area contributed by atoms with Crippen LogP contribution in [-0.2, 0) is 16.0 Å². The number of rotatable bonds is 4. The van der Waals surface area contributed by atoms with E-state index in [4.69, 9.17) is 16.3 Å². The zero-order chi connectivity index (χ0) is 12.1. The van der Waals surface area contributed by atoms with Gasteiger partial charge in [0, 0.05) is 5.02 Å². The molecule has 0 amide bonds. The van der Waals surface area contributed by atoms with Crippen molar-refractivity contribution in [3.05, 3.63) is 34.6 Å². The molecule has 0 aliphatic rings. The lowest BCUT2D eigenvalue weighted by atomic mass is 10.1. The third kappa shape index (κ3) is 3.76. The molecule has 16 heavy (non-hydrogen) atoms. The zero-order valence-electron chi connectivity index (χ0n) is 8.67. The van der Waals surface area contributed by atoms with E-state index in [2.05, 4.69) is 15.9 Å². The monoisotopic (exact) mass is 308 g/mol. The molecule has 0 aliphatic heterocycles. The fourth-order valence-electron chi connectivity index (χ4n) is 1.21. The maximum Gasteiger partial charge on any atom is 0.320 e. The predicted octanol–water partition coefficient (Wildman–Crippen LogP) is 3.35. The van der Waals surface area contributed by atoms with Crippen molar-refractivity contribution in [2.75, 3.05) is 6.61 Å². The van der Waals surface area contributed by atoms with E-state index in [0.29, 0.717) is 17.2 Å². The van der Waals surface area contributed by atoms with Crippen LogP contribution in [0.4, 0.5) is 4.39 Å². The van der Waals surface area contributed by atoms with Crippen LogP contribution in [0.15, 0.2) is 18.2 Å². The quantitative estimate of drug-likeness (QED) is 0.630. The zero-order valence-corrected chi connectivity index (χ0v) is 11.0. The van der Waals surface area contributed by atoms with Crippen molar-refractivity contribution in [3.63, 3.8) is 0 Å². The maximum atomic E-state index is 13.3. The molecule has 1 aromatic carbocycles. The Balaban J connectivity index is 2.72. The molecule has 1 aromatic rings. The molecular formula is C11H11BrClFO2. The van der Waals surface area contributed by atoms with Gasteiger partial charge in [-0.2, -0.15) is 0 Å². The van der Waals surface area contributed by atoms with Crippen LogP contribution in [0.25, 0.3) is 0 Å². The van der Waals surface area contributed by atoms with Gasteiger partial charge < -0.3 is 4.74 Å². The molecule has 0 bridgehead atoms. The maximum absolute atomic E-state index is 13.3. The van der Waals surface area contributed by atoms with E-state index in [-0.39, 0.29) is 12.2 Å². The first-order chi connectivity index (χ1) is 7.54. The van der Waals surface area contributed by atoms with Gasteiger partial charge in [0.1, 0.15) is 10.6 Å². The van der Waals surface area contributed by atoms with E-state index >= 15 is 0 Å². The van der Waals surface area contributed by atoms with Gasteiger partial charge in [-0.25, -0.2) is 4.39 Å². The highest BCUT2D eigenvalue weighted by molar-refractivity contribution is 9.10. The van der Waals surface area contributed by atoms with Gasteiger partial charge in [0.2, 0.25) is 0 Å². The van der Waals surface area contributed by atoms with E-state index < -0.39 is 10.8 Å². The third-order valence-corrected chi connectivity index (χ3v) is 2.88. The number of carbonyl (C=O) groups excluding carboxylic acids is 1. The van der Waals surface area contributed by atoms with Gasteiger partial charge in [-0.15, -0.1) is 0 Å². The minimum Gasteiger partial charge on any atom is -0.465 e. The normalized spacial score (nSPS) is 12.2. The Morgan fingerprint density at radius 1 is 1.62 bits per heavy atom. The van der Waals surface area contributed by atoms with Crippen molar-refractivity contribution >= 4 is 33.5 Å². The van der Waals surface area contributed by atoms with Gasteiger partial charge >= 0.3 is 5.97 Å². The van der Waals surface area contributed by atoms with Crippen molar-refractivity contribution < 1.29 is 13.9 Å². The minimum atomic E-state index is -0.555. The Hall–Kier alpha value is -0.610. The number of hydrogen-bond donors (Lipinski definition) is 0. The fourth-order valence-corrected chi connectivity index (χ4v) is 1.88. The highest BCUT2D eigenvalue weighted by Crippen LogP contribution is 2.19. The number of ether oxygens (including phenoxy) is 1. The highest BCUT2D eigenvalue weighted by atomic mass is 79.9. The molecule has 1 unspecified atom stereocenters. The number of carbonyl (C=O) groups is 1. The van der Waals surface area contributed by atoms with Crippen LogP contribution in [0.2, 0.25) is 5.02 Å². The van der Waals surface area contributed by atoms with E-state index in [1.54, 1.807) is 6.92 Å². The Bertz CT molecular complexity index is 384. The van der Waals surface area contributed by atoms with Gasteiger partial charge in [0.15, 0.2) is 0 Å². The van der Waals surface area contributed by atoms with Crippen LogP contribution in [0.5, 0.6) is 0 Å². The van der Waals surface area contributed by atoms with E-state index in [1.165, 1.54) is 18.2 Å². The molecule has 0 radical (unpaired) electrons. The Kier molecular flexibility index (Phi) is 5.22. The number of hydrogen-bond acceptors (Lipinski definition) is 2. The van der Waals surface area contributed by atoms with Crippen LogP contribution in [-0.4, -0.2) is 17.4 Å². The van der Waals surface area contributed by atoms with Crippen molar-refractivity contribution in [3.8, 4) is 0 Å². The summed E-state index contributed by atoms with van der Waals surface area (Å²) in [4.78, 5) is 10.8. The smallest absolute Gasteiger partial charge is 0.320 e. The largest absolute Gasteiger partial charge is 0.465 e. The van der Waals surface area contributed by atoms with Crippen molar-refractivity contribution in [2.24, 2.45) is 0 Å². The summed E-state index contributed by atoms with van der Waals surface area (Å²) >= 11 is 8.90. The standard InChI is InChI=1S/C11H11BrClFO2/c1-2-16-11(15)9(12)6-7-5-8(13)3-4-10(7)14/h3-5,9H,2,6H2,1H3. The first-order valence-electron chi connectivity index (χ1n) is 4.79. The Morgan fingerprint density at radius 3 is 2.94 bits per heavy atom. The summed E-state index contributed by atoms with van der Waals surface area (Å²) in [6.45, 7) is 2.02. The lowest BCUT2D eigenvalue weighted by Gasteiger charge is -2.09. The topological polar surface area (TPSA) is 26.3 Å². The lowest BCUT2D eigenvalue weighted by molar-refractivity contribution is -0.142. The molecule has 1 atom stereocenters. The SMILES string of the molecule is CCOC(=O)C(Br)Cc1cc(Cl)ccc1F. The predicted molar refractivity (Wildman–Crippen MR) is 64.5 cm³/mol. The van der Waals surface area contributed by atoms with Gasteiger partial charge in [0.25, 0.3) is 0 Å².